The van der Waals surface area contributed by atoms with Gasteiger partial charge in [-0.3, -0.25) is 4.79 Å². The zero-order valence-corrected chi connectivity index (χ0v) is 17.3. The molecular formula is C22H18FN3O4S. The molecule has 0 aliphatic rings. The van der Waals surface area contributed by atoms with Gasteiger partial charge in [-0.1, -0.05) is 18.2 Å². The minimum Gasteiger partial charge on any atom is -0.480 e. The molecule has 0 atom stereocenters. The van der Waals surface area contributed by atoms with Crippen LogP contribution >= 0.6 is 0 Å². The number of carboxylic acid groups (broad SMARTS) is 1. The summed E-state index contributed by atoms with van der Waals surface area (Å²) in [6.07, 6.45) is 3.90. The summed E-state index contributed by atoms with van der Waals surface area (Å²) >= 11 is 0. The van der Waals surface area contributed by atoms with E-state index < -0.39 is 21.6 Å². The number of hydrogen-bond donors (Lipinski definition) is 1. The molecule has 4 aromatic rings. The van der Waals surface area contributed by atoms with Crippen molar-refractivity contribution in [2.24, 2.45) is 0 Å². The first-order valence-electron chi connectivity index (χ1n) is 9.36. The van der Waals surface area contributed by atoms with Gasteiger partial charge in [0.1, 0.15) is 23.6 Å². The molecular weight excluding hydrogens is 421 g/mol. The van der Waals surface area contributed by atoms with Crippen LogP contribution in [0.4, 0.5) is 4.39 Å². The molecule has 4 rings (SSSR count). The van der Waals surface area contributed by atoms with E-state index in [1.54, 1.807) is 29.7 Å². The average molecular weight is 439 g/mol. The van der Waals surface area contributed by atoms with Crippen molar-refractivity contribution in [1.29, 1.82) is 0 Å². The number of aliphatic carboxylic acids is 1. The molecule has 0 saturated carbocycles. The summed E-state index contributed by atoms with van der Waals surface area (Å²) in [6, 6.07) is 10.7. The predicted molar refractivity (Wildman–Crippen MR) is 111 cm³/mol. The lowest BCUT2D eigenvalue weighted by Crippen LogP contribution is -2.10. The molecule has 0 fully saturated rings. The number of halogens is 1. The highest BCUT2D eigenvalue weighted by Crippen LogP contribution is 2.32. The Morgan fingerprint density at radius 3 is 2.55 bits per heavy atom. The van der Waals surface area contributed by atoms with E-state index in [0.717, 1.165) is 0 Å². The average Bonchev–Trinajstić information content (AvgIpc) is 2.99. The first-order valence-corrected chi connectivity index (χ1v) is 10.8. The molecule has 0 aliphatic heterocycles. The fourth-order valence-corrected chi connectivity index (χ4v) is 5.14. The molecule has 0 saturated heterocycles. The number of carbonyl (C=O) groups is 1. The minimum atomic E-state index is -3.88. The zero-order valence-electron chi connectivity index (χ0n) is 16.5. The second-order valence-electron chi connectivity index (χ2n) is 7.07. The summed E-state index contributed by atoms with van der Waals surface area (Å²) in [7, 11) is -3.88. The number of hydrogen-bond acceptors (Lipinski definition) is 5. The number of rotatable bonds is 6. The van der Waals surface area contributed by atoms with Gasteiger partial charge in [-0.25, -0.2) is 22.8 Å². The molecule has 0 amide bonds. The largest absolute Gasteiger partial charge is 0.480 e. The highest BCUT2D eigenvalue weighted by atomic mass is 32.2. The van der Waals surface area contributed by atoms with Gasteiger partial charge in [0, 0.05) is 35.4 Å². The summed E-state index contributed by atoms with van der Waals surface area (Å²) in [5.74, 6) is -1.48. The summed E-state index contributed by atoms with van der Waals surface area (Å²) < 4.78 is 42.0. The standard InChI is InChI=1S/C22H18FN3O4S/c1-14-18(19-9-16(23)6-7-20(19)26(14)12-22(27)28)8-15-4-2-3-5-21(15)31(29,30)17-10-24-13-25-11-17/h2-7,9-11,13H,8,12H2,1H3,(H,27,28). The van der Waals surface area contributed by atoms with Crippen LogP contribution in [0.1, 0.15) is 16.8 Å². The maximum atomic E-state index is 14.0. The lowest BCUT2D eigenvalue weighted by atomic mass is 10.0. The summed E-state index contributed by atoms with van der Waals surface area (Å²) in [5, 5.41) is 9.85. The fourth-order valence-electron chi connectivity index (χ4n) is 3.74. The Kier molecular flexibility index (Phi) is 5.28. The molecule has 0 unspecified atom stereocenters. The number of benzene rings is 2. The fraction of sp³-hybridized carbons (Fsp3) is 0.136. The molecule has 158 valence electrons. The van der Waals surface area contributed by atoms with Crippen LogP contribution in [0.2, 0.25) is 0 Å². The number of nitrogens with zero attached hydrogens (tertiary/aromatic N) is 3. The Bertz CT molecular complexity index is 1400. The smallest absolute Gasteiger partial charge is 0.323 e. The van der Waals surface area contributed by atoms with E-state index in [2.05, 4.69) is 9.97 Å². The van der Waals surface area contributed by atoms with Gasteiger partial charge >= 0.3 is 5.97 Å². The maximum Gasteiger partial charge on any atom is 0.323 e. The summed E-state index contributed by atoms with van der Waals surface area (Å²) in [4.78, 5) is 19.0. The van der Waals surface area contributed by atoms with Crippen LogP contribution in [-0.2, 0) is 27.6 Å². The van der Waals surface area contributed by atoms with E-state index in [4.69, 9.17) is 0 Å². The van der Waals surface area contributed by atoms with Crippen LogP contribution in [0.5, 0.6) is 0 Å². The second-order valence-corrected chi connectivity index (χ2v) is 8.99. The van der Waals surface area contributed by atoms with Crippen molar-refractivity contribution in [3.05, 3.63) is 83.8 Å². The van der Waals surface area contributed by atoms with Gasteiger partial charge in [0.2, 0.25) is 9.84 Å². The van der Waals surface area contributed by atoms with Gasteiger partial charge in [0.05, 0.1) is 4.90 Å². The molecule has 9 heteroatoms. The van der Waals surface area contributed by atoms with Crippen molar-refractivity contribution in [2.75, 3.05) is 0 Å². The number of sulfone groups is 1. The monoisotopic (exact) mass is 439 g/mol. The van der Waals surface area contributed by atoms with Gasteiger partial charge < -0.3 is 9.67 Å². The van der Waals surface area contributed by atoms with Crippen molar-refractivity contribution in [2.45, 2.75) is 29.7 Å². The van der Waals surface area contributed by atoms with Crippen LogP contribution in [-0.4, -0.2) is 34.0 Å². The van der Waals surface area contributed by atoms with Crippen molar-refractivity contribution in [3.8, 4) is 0 Å². The molecule has 1 N–H and O–H groups in total. The van der Waals surface area contributed by atoms with Crippen LogP contribution in [0.15, 0.2) is 71.0 Å². The molecule has 31 heavy (non-hydrogen) atoms. The molecule has 0 bridgehead atoms. The van der Waals surface area contributed by atoms with Crippen molar-refractivity contribution in [1.82, 2.24) is 14.5 Å². The summed E-state index contributed by atoms with van der Waals surface area (Å²) in [5.41, 5.74) is 2.39. The lowest BCUT2D eigenvalue weighted by Gasteiger charge is -2.11. The van der Waals surface area contributed by atoms with E-state index in [-0.39, 0.29) is 22.8 Å². The van der Waals surface area contributed by atoms with Gasteiger partial charge in [0.25, 0.3) is 0 Å². The van der Waals surface area contributed by atoms with Gasteiger partial charge in [-0.05, 0) is 42.3 Å². The van der Waals surface area contributed by atoms with E-state index in [1.807, 2.05) is 0 Å². The van der Waals surface area contributed by atoms with Crippen LogP contribution in [0.25, 0.3) is 10.9 Å². The van der Waals surface area contributed by atoms with Gasteiger partial charge in [-0.15, -0.1) is 0 Å². The topological polar surface area (TPSA) is 102 Å². The first kappa shape index (κ1) is 20.7. The van der Waals surface area contributed by atoms with Crippen molar-refractivity contribution >= 4 is 26.7 Å². The number of aromatic nitrogens is 3. The molecule has 2 heterocycles. The Morgan fingerprint density at radius 1 is 1.13 bits per heavy atom. The molecule has 7 nitrogen and oxygen atoms in total. The number of carboxylic acids is 1. The predicted octanol–water partition coefficient (Wildman–Crippen LogP) is 3.39. The van der Waals surface area contributed by atoms with E-state index >= 15 is 0 Å². The van der Waals surface area contributed by atoms with Crippen LogP contribution in [0, 0.1) is 12.7 Å². The van der Waals surface area contributed by atoms with E-state index in [0.29, 0.717) is 27.7 Å². The van der Waals surface area contributed by atoms with E-state index in [1.165, 1.54) is 43.0 Å². The Morgan fingerprint density at radius 2 is 1.84 bits per heavy atom. The molecule has 0 spiro atoms. The first-order chi connectivity index (χ1) is 14.8. The second kappa shape index (κ2) is 7.92. The Hall–Kier alpha value is -3.59. The molecule has 2 aromatic heterocycles. The highest BCUT2D eigenvalue weighted by molar-refractivity contribution is 7.91. The van der Waals surface area contributed by atoms with E-state index in [9.17, 15) is 22.7 Å². The van der Waals surface area contributed by atoms with Crippen LogP contribution < -0.4 is 0 Å². The quantitative estimate of drug-likeness (QED) is 0.494. The molecule has 0 radical (unpaired) electrons. The number of fused-ring (bicyclic) bond motifs is 1. The molecule has 2 aromatic carbocycles. The Balaban J connectivity index is 1.88. The lowest BCUT2D eigenvalue weighted by molar-refractivity contribution is -0.137. The SMILES string of the molecule is Cc1c(Cc2ccccc2S(=O)(=O)c2cncnc2)c2cc(F)ccc2n1CC(=O)O. The summed E-state index contributed by atoms with van der Waals surface area (Å²) in [6.45, 7) is 1.47. The van der Waals surface area contributed by atoms with Crippen LogP contribution in [0.3, 0.4) is 0 Å². The third kappa shape index (κ3) is 3.79. The third-order valence-electron chi connectivity index (χ3n) is 5.19. The minimum absolute atomic E-state index is 0.0291. The third-order valence-corrected chi connectivity index (χ3v) is 6.99. The highest BCUT2D eigenvalue weighted by Gasteiger charge is 2.24. The zero-order chi connectivity index (χ0) is 22.2. The van der Waals surface area contributed by atoms with Gasteiger partial charge in [-0.2, -0.15) is 0 Å². The van der Waals surface area contributed by atoms with Crippen molar-refractivity contribution in [3.63, 3.8) is 0 Å². The van der Waals surface area contributed by atoms with Gasteiger partial charge in [0.15, 0.2) is 0 Å². The Labute approximate surface area is 177 Å². The van der Waals surface area contributed by atoms with Crippen molar-refractivity contribution < 1.29 is 22.7 Å². The maximum absolute atomic E-state index is 14.0. The molecule has 0 aliphatic carbocycles. The normalized spacial score (nSPS) is 11.7.